The smallest absolute Gasteiger partial charge is 0.0468 e. The minimum Gasteiger partial charge on any atom is -0.310 e. The van der Waals surface area contributed by atoms with Crippen molar-refractivity contribution < 1.29 is 0 Å². The van der Waals surface area contributed by atoms with E-state index < -0.39 is 0 Å². The van der Waals surface area contributed by atoms with Crippen LogP contribution < -0.4 is 4.90 Å². The molecule has 3 nitrogen and oxygen atoms in total. The molecule has 266 valence electrons. The topological polar surface area (TPSA) is 29.0 Å². The number of benzene rings is 9. The standard InChI is InChI=1S/C54H35N3/c1-2-8-39-29-40(14-13-36(39)7-1)41-21-27-51-42(30-41)15-16-43-31-48(26-28-52(43)51)57(46-22-17-37(18-23-46)53-34-55-32-44-9-3-5-11-49(44)53)47-24-19-38(20-25-47)54-35-56-33-45-10-4-6-12-50(45)54/h1-35H. The molecule has 0 radical (unpaired) electrons. The first-order chi connectivity index (χ1) is 28.2. The molecule has 0 spiro atoms. The number of hydrogen-bond donors (Lipinski definition) is 0. The SMILES string of the molecule is c1ccc2cc(-c3ccc4c(ccc5cc(N(c6ccc(-c7cncc8ccccc78)cc6)c6ccc(-c7cncc8ccccc78)cc6)ccc54)c3)ccc2c1. The lowest BCUT2D eigenvalue weighted by Gasteiger charge is -2.26. The first-order valence-corrected chi connectivity index (χ1v) is 19.4. The number of pyridine rings is 2. The lowest BCUT2D eigenvalue weighted by atomic mass is 9.96. The summed E-state index contributed by atoms with van der Waals surface area (Å²) in [5, 5.41) is 12.1. The summed E-state index contributed by atoms with van der Waals surface area (Å²) in [6.45, 7) is 0. The Kier molecular flexibility index (Phi) is 7.82. The van der Waals surface area contributed by atoms with Crippen LogP contribution in [0.5, 0.6) is 0 Å². The van der Waals surface area contributed by atoms with Crippen molar-refractivity contribution in [1.29, 1.82) is 0 Å². The lowest BCUT2D eigenvalue weighted by Crippen LogP contribution is -2.10. The van der Waals surface area contributed by atoms with Gasteiger partial charge >= 0.3 is 0 Å². The van der Waals surface area contributed by atoms with E-state index in [1.165, 1.54) is 54.2 Å². The summed E-state index contributed by atoms with van der Waals surface area (Å²) in [5.41, 5.74) is 10.2. The Labute approximate surface area is 330 Å². The van der Waals surface area contributed by atoms with Gasteiger partial charge in [-0.2, -0.15) is 0 Å². The van der Waals surface area contributed by atoms with Gasteiger partial charge in [0.2, 0.25) is 0 Å². The molecule has 3 heteroatoms. The Morgan fingerprint density at radius 3 is 1.28 bits per heavy atom. The summed E-state index contributed by atoms with van der Waals surface area (Å²) in [6.07, 6.45) is 7.79. The van der Waals surface area contributed by atoms with Gasteiger partial charge in [0.1, 0.15) is 0 Å². The molecule has 2 heterocycles. The fourth-order valence-electron chi connectivity index (χ4n) is 8.47. The number of rotatable bonds is 6. The maximum Gasteiger partial charge on any atom is 0.0468 e. The fraction of sp³-hybridized carbons (Fsp3) is 0. The van der Waals surface area contributed by atoms with Crippen molar-refractivity contribution in [2.75, 3.05) is 4.90 Å². The van der Waals surface area contributed by atoms with E-state index in [1.54, 1.807) is 0 Å². The van der Waals surface area contributed by atoms with Crippen molar-refractivity contribution in [3.63, 3.8) is 0 Å². The van der Waals surface area contributed by atoms with Gasteiger partial charge in [-0.05, 0) is 114 Å². The van der Waals surface area contributed by atoms with Crippen molar-refractivity contribution in [2.45, 2.75) is 0 Å². The second kappa shape index (κ2) is 13.6. The van der Waals surface area contributed by atoms with E-state index in [1.807, 2.05) is 24.8 Å². The van der Waals surface area contributed by atoms with Gasteiger partial charge in [0.25, 0.3) is 0 Å². The van der Waals surface area contributed by atoms with E-state index in [-0.39, 0.29) is 0 Å². The molecule has 0 N–H and O–H groups in total. The molecule has 0 aliphatic rings. The van der Waals surface area contributed by atoms with Gasteiger partial charge < -0.3 is 4.90 Å². The van der Waals surface area contributed by atoms with Crippen LogP contribution in [0.3, 0.4) is 0 Å². The molecule has 0 bridgehead atoms. The largest absolute Gasteiger partial charge is 0.310 e. The van der Waals surface area contributed by atoms with Crippen LogP contribution in [-0.2, 0) is 0 Å². The Balaban J connectivity index is 1.00. The van der Waals surface area contributed by atoms with Crippen molar-refractivity contribution in [3.05, 3.63) is 213 Å². The molecule has 0 unspecified atom stereocenters. The first kappa shape index (κ1) is 32.8. The lowest BCUT2D eigenvalue weighted by molar-refractivity contribution is 1.29. The number of anilines is 3. The maximum atomic E-state index is 4.56. The maximum absolute atomic E-state index is 4.56. The molecule has 0 amide bonds. The monoisotopic (exact) mass is 725 g/mol. The van der Waals surface area contributed by atoms with Crippen molar-refractivity contribution in [1.82, 2.24) is 9.97 Å². The first-order valence-electron chi connectivity index (χ1n) is 19.4. The third-order valence-electron chi connectivity index (χ3n) is 11.4. The molecule has 57 heavy (non-hydrogen) atoms. The van der Waals surface area contributed by atoms with Gasteiger partial charge in [0, 0.05) is 63.7 Å². The normalized spacial score (nSPS) is 11.5. The Hall–Kier alpha value is -7.62. The number of hydrogen-bond acceptors (Lipinski definition) is 3. The van der Waals surface area contributed by atoms with Crippen LogP contribution in [0.2, 0.25) is 0 Å². The van der Waals surface area contributed by atoms with Gasteiger partial charge in [0.05, 0.1) is 0 Å². The summed E-state index contributed by atoms with van der Waals surface area (Å²) in [5.74, 6) is 0. The van der Waals surface area contributed by atoms with Crippen LogP contribution in [-0.4, -0.2) is 9.97 Å². The molecule has 0 fully saturated rings. The van der Waals surface area contributed by atoms with Gasteiger partial charge in [-0.15, -0.1) is 0 Å². The van der Waals surface area contributed by atoms with Crippen LogP contribution in [0, 0.1) is 0 Å². The van der Waals surface area contributed by atoms with Crippen LogP contribution in [0.25, 0.3) is 87.2 Å². The van der Waals surface area contributed by atoms with Crippen molar-refractivity contribution >= 4 is 70.9 Å². The van der Waals surface area contributed by atoms with Gasteiger partial charge in [0.15, 0.2) is 0 Å². The highest BCUT2D eigenvalue weighted by atomic mass is 15.1. The average Bonchev–Trinajstić information content (AvgIpc) is 3.29. The van der Waals surface area contributed by atoms with E-state index in [9.17, 15) is 0 Å². The quantitative estimate of drug-likeness (QED) is 0.160. The summed E-state index contributed by atoms with van der Waals surface area (Å²) in [6, 6.07) is 68.1. The molecular weight excluding hydrogens is 691 g/mol. The summed E-state index contributed by atoms with van der Waals surface area (Å²) in [7, 11) is 0. The van der Waals surface area contributed by atoms with Crippen LogP contribution in [0.15, 0.2) is 213 Å². The van der Waals surface area contributed by atoms with Crippen molar-refractivity contribution in [3.8, 4) is 33.4 Å². The van der Waals surface area contributed by atoms with Gasteiger partial charge in [-0.1, -0.05) is 140 Å². The third-order valence-corrected chi connectivity index (χ3v) is 11.4. The van der Waals surface area contributed by atoms with E-state index in [0.717, 1.165) is 50.1 Å². The van der Waals surface area contributed by atoms with E-state index in [4.69, 9.17) is 0 Å². The van der Waals surface area contributed by atoms with Gasteiger partial charge in [-0.25, -0.2) is 0 Å². The molecule has 0 saturated heterocycles. The zero-order valence-corrected chi connectivity index (χ0v) is 31.0. The zero-order valence-electron chi connectivity index (χ0n) is 31.0. The third kappa shape index (κ3) is 5.85. The van der Waals surface area contributed by atoms with E-state index in [0.29, 0.717) is 0 Å². The Bertz CT molecular complexity index is 3160. The Morgan fingerprint density at radius 1 is 0.263 bits per heavy atom. The predicted octanol–water partition coefficient (Wildman–Crippen LogP) is 14.7. The highest BCUT2D eigenvalue weighted by Crippen LogP contribution is 2.40. The molecule has 11 rings (SSSR count). The number of fused-ring (bicyclic) bond motifs is 6. The molecule has 0 saturated carbocycles. The van der Waals surface area contributed by atoms with Crippen LogP contribution in [0.1, 0.15) is 0 Å². The molecule has 11 aromatic rings. The molecule has 2 aromatic heterocycles. The second-order valence-corrected chi connectivity index (χ2v) is 14.7. The average molecular weight is 726 g/mol. The molecule has 0 aliphatic carbocycles. The number of aromatic nitrogens is 2. The Morgan fingerprint density at radius 2 is 0.684 bits per heavy atom. The van der Waals surface area contributed by atoms with E-state index in [2.05, 4.69) is 203 Å². The molecule has 9 aromatic carbocycles. The molecule has 0 aliphatic heterocycles. The zero-order chi connectivity index (χ0) is 37.7. The summed E-state index contributed by atoms with van der Waals surface area (Å²) >= 11 is 0. The molecule has 0 atom stereocenters. The fourth-order valence-corrected chi connectivity index (χ4v) is 8.47. The van der Waals surface area contributed by atoms with E-state index >= 15 is 0 Å². The molecular formula is C54H35N3. The second-order valence-electron chi connectivity index (χ2n) is 14.7. The van der Waals surface area contributed by atoms with Gasteiger partial charge in [-0.3, -0.25) is 9.97 Å². The highest BCUT2D eigenvalue weighted by molar-refractivity contribution is 6.10. The predicted molar refractivity (Wildman–Crippen MR) is 241 cm³/mol. The summed E-state index contributed by atoms with van der Waals surface area (Å²) in [4.78, 5) is 11.5. The minimum absolute atomic E-state index is 1.08. The minimum atomic E-state index is 1.08. The van der Waals surface area contributed by atoms with Crippen molar-refractivity contribution in [2.24, 2.45) is 0 Å². The number of nitrogens with zero attached hydrogens (tertiary/aromatic N) is 3. The summed E-state index contributed by atoms with van der Waals surface area (Å²) < 4.78 is 0. The van der Waals surface area contributed by atoms with Crippen LogP contribution >= 0.6 is 0 Å². The van der Waals surface area contributed by atoms with Crippen LogP contribution in [0.4, 0.5) is 17.1 Å². The highest BCUT2D eigenvalue weighted by Gasteiger charge is 2.16.